The lowest BCUT2D eigenvalue weighted by Crippen LogP contribution is -2.20. The molecule has 1 amide bonds. The van der Waals surface area contributed by atoms with Gasteiger partial charge in [0.25, 0.3) is 5.91 Å². The number of anilines is 2. The highest BCUT2D eigenvalue weighted by atomic mass is 35.5. The summed E-state index contributed by atoms with van der Waals surface area (Å²) in [6, 6.07) is 20.3. The van der Waals surface area contributed by atoms with Crippen LogP contribution in [0.15, 0.2) is 72.9 Å². The van der Waals surface area contributed by atoms with Gasteiger partial charge in [-0.3, -0.25) is 14.1 Å². The maximum absolute atomic E-state index is 13.0. The summed E-state index contributed by atoms with van der Waals surface area (Å²) in [5, 5.41) is 5.77. The molecular weight excluding hydrogens is 477 g/mol. The maximum atomic E-state index is 13.0. The fraction of sp³-hybridized carbons (Fsp3) is 0.120. The largest absolute Gasteiger partial charge is 0.322 e. The number of hydrogen-bond donors (Lipinski definition) is 1. The van der Waals surface area contributed by atoms with Crippen LogP contribution >= 0.6 is 23.2 Å². The molecule has 5 nitrogen and oxygen atoms in total. The van der Waals surface area contributed by atoms with Crippen LogP contribution in [0.2, 0.25) is 10.0 Å². The minimum atomic E-state index is -1.05. The normalized spacial score (nSPS) is 15.7. The molecule has 33 heavy (non-hydrogen) atoms. The molecule has 1 aliphatic rings. The van der Waals surface area contributed by atoms with E-state index in [0.29, 0.717) is 33.6 Å². The molecule has 0 radical (unpaired) electrons. The summed E-state index contributed by atoms with van der Waals surface area (Å²) >= 11 is 12.9. The number of pyridine rings is 1. The molecule has 0 spiro atoms. The molecule has 0 saturated carbocycles. The van der Waals surface area contributed by atoms with E-state index >= 15 is 0 Å². The molecule has 1 atom stereocenters. The van der Waals surface area contributed by atoms with Crippen molar-refractivity contribution in [3.8, 4) is 11.3 Å². The fourth-order valence-corrected chi connectivity index (χ4v) is 5.70. The highest BCUT2D eigenvalue weighted by molar-refractivity contribution is 7.86. The number of carbonyl (C=O) groups is 1. The number of fused-ring (bicyclic) bond motifs is 1. The quantitative estimate of drug-likeness (QED) is 0.359. The molecule has 0 bridgehead atoms. The van der Waals surface area contributed by atoms with Gasteiger partial charge >= 0.3 is 0 Å². The van der Waals surface area contributed by atoms with Gasteiger partial charge < -0.3 is 5.32 Å². The Morgan fingerprint density at radius 2 is 1.85 bits per heavy atom. The predicted octanol–water partition coefficient (Wildman–Crippen LogP) is 6.33. The number of nitrogens with one attached hydrogen (secondary N) is 1. The van der Waals surface area contributed by atoms with Gasteiger partial charge in [-0.2, -0.15) is 0 Å². The van der Waals surface area contributed by atoms with Crippen LogP contribution < -0.4 is 9.62 Å². The standard InChI is InChI=1S/C25H19Cl2N3O2S/c26-22-9-6-17(14-21(22)24-19-5-2-1-4-16(19)10-11-28-24)29-25(31)20-8-7-18(15-23(20)27)30-12-3-13-33(30)32/h1-2,4-11,14-15H,3,12-13H2,(H,29,31). The number of aromatic nitrogens is 1. The number of carbonyl (C=O) groups excluding carboxylic acids is 1. The molecule has 8 heteroatoms. The molecule has 1 saturated heterocycles. The zero-order valence-corrected chi connectivity index (χ0v) is 19.8. The van der Waals surface area contributed by atoms with Gasteiger partial charge in [0.05, 0.1) is 27.0 Å². The van der Waals surface area contributed by atoms with Crippen molar-refractivity contribution in [3.05, 3.63) is 88.5 Å². The van der Waals surface area contributed by atoms with Gasteiger partial charge in [-0.15, -0.1) is 0 Å². The summed E-state index contributed by atoms with van der Waals surface area (Å²) in [5.74, 6) is 0.304. The van der Waals surface area contributed by atoms with Crippen molar-refractivity contribution in [3.63, 3.8) is 0 Å². The SMILES string of the molecule is O=C(Nc1ccc(Cl)c(-c2nccc3ccccc23)c1)c1ccc(N2CCCS2=O)cc1Cl. The van der Waals surface area contributed by atoms with E-state index in [9.17, 15) is 9.00 Å². The van der Waals surface area contributed by atoms with Crippen molar-refractivity contribution in [2.24, 2.45) is 0 Å². The number of benzene rings is 3. The Balaban J connectivity index is 1.43. The summed E-state index contributed by atoms with van der Waals surface area (Å²) < 4.78 is 13.9. The number of amides is 1. The summed E-state index contributed by atoms with van der Waals surface area (Å²) in [6.45, 7) is 0.713. The van der Waals surface area contributed by atoms with E-state index in [1.54, 1.807) is 40.8 Å². The van der Waals surface area contributed by atoms with Crippen LogP contribution in [0.1, 0.15) is 16.8 Å². The second-order valence-corrected chi connectivity index (χ2v) is 9.98. The molecule has 166 valence electrons. The maximum Gasteiger partial charge on any atom is 0.257 e. The van der Waals surface area contributed by atoms with Crippen LogP contribution in [0.25, 0.3) is 22.0 Å². The Morgan fingerprint density at radius 3 is 2.64 bits per heavy atom. The molecular formula is C25H19Cl2N3O2S. The average Bonchev–Trinajstić information content (AvgIpc) is 3.25. The van der Waals surface area contributed by atoms with Crippen molar-refractivity contribution in [2.75, 3.05) is 21.9 Å². The molecule has 2 heterocycles. The summed E-state index contributed by atoms with van der Waals surface area (Å²) in [4.78, 5) is 17.5. The van der Waals surface area contributed by atoms with Gasteiger partial charge in [-0.05, 0) is 54.3 Å². The van der Waals surface area contributed by atoms with Gasteiger partial charge in [0.1, 0.15) is 11.0 Å². The smallest absolute Gasteiger partial charge is 0.257 e. The van der Waals surface area contributed by atoms with Crippen LogP contribution in [0.5, 0.6) is 0 Å². The molecule has 3 aromatic carbocycles. The van der Waals surface area contributed by atoms with Crippen LogP contribution in [0.4, 0.5) is 11.4 Å². The van der Waals surface area contributed by atoms with Gasteiger partial charge in [0.2, 0.25) is 0 Å². The van der Waals surface area contributed by atoms with E-state index in [2.05, 4.69) is 10.3 Å². The Bertz CT molecular complexity index is 1400. The highest BCUT2D eigenvalue weighted by Gasteiger charge is 2.22. The van der Waals surface area contributed by atoms with Gasteiger partial charge in [-0.1, -0.05) is 47.5 Å². The third-order valence-electron chi connectivity index (χ3n) is 5.56. The molecule has 5 rings (SSSR count). The third-order valence-corrected chi connectivity index (χ3v) is 7.73. The summed E-state index contributed by atoms with van der Waals surface area (Å²) in [5.41, 5.74) is 3.14. The third kappa shape index (κ3) is 4.34. The monoisotopic (exact) mass is 495 g/mol. The molecule has 4 aromatic rings. The van der Waals surface area contributed by atoms with E-state index in [0.717, 1.165) is 34.1 Å². The molecule has 1 N–H and O–H groups in total. The van der Waals surface area contributed by atoms with E-state index < -0.39 is 11.0 Å². The molecule has 1 aliphatic heterocycles. The first-order valence-corrected chi connectivity index (χ1v) is 12.4. The zero-order valence-electron chi connectivity index (χ0n) is 17.4. The number of rotatable bonds is 4. The molecule has 0 aliphatic carbocycles. The fourth-order valence-electron chi connectivity index (χ4n) is 3.95. The van der Waals surface area contributed by atoms with Crippen LogP contribution in [-0.4, -0.2) is 27.4 Å². The van der Waals surface area contributed by atoms with Gasteiger partial charge in [0, 0.05) is 35.1 Å². The molecule has 1 unspecified atom stereocenters. The lowest BCUT2D eigenvalue weighted by Gasteiger charge is -2.17. The van der Waals surface area contributed by atoms with Crippen molar-refractivity contribution in [1.29, 1.82) is 0 Å². The minimum absolute atomic E-state index is 0.304. The number of halogens is 2. The lowest BCUT2D eigenvalue weighted by atomic mass is 10.0. The highest BCUT2D eigenvalue weighted by Crippen LogP contribution is 2.34. The van der Waals surface area contributed by atoms with E-state index in [1.807, 2.05) is 36.4 Å². The van der Waals surface area contributed by atoms with Crippen molar-refractivity contribution >= 4 is 62.2 Å². The minimum Gasteiger partial charge on any atom is -0.322 e. The van der Waals surface area contributed by atoms with Crippen LogP contribution in [0.3, 0.4) is 0 Å². The van der Waals surface area contributed by atoms with Crippen molar-refractivity contribution in [2.45, 2.75) is 6.42 Å². The van der Waals surface area contributed by atoms with Crippen LogP contribution in [-0.2, 0) is 11.0 Å². The van der Waals surface area contributed by atoms with Gasteiger partial charge in [-0.25, -0.2) is 4.21 Å². The van der Waals surface area contributed by atoms with Gasteiger partial charge in [0.15, 0.2) is 0 Å². The predicted molar refractivity (Wildman–Crippen MR) is 137 cm³/mol. The van der Waals surface area contributed by atoms with E-state index in [-0.39, 0.29) is 5.91 Å². The lowest BCUT2D eigenvalue weighted by molar-refractivity contribution is 0.102. The number of hydrogen-bond acceptors (Lipinski definition) is 3. The first-order valence-electron chi connectivity index (χ1n) is 10.4. The Kier molecular flexibility index (Phi) is 6.06. The Hall–Kier alpha value is -2.93. The first-order chi connectivity index (χ1) is 16.0. The van der Waals surface area contributed by atoms with E-state index in [1.165, 1.54) is 0 Å². The van der Waals surface area contributed by atoms with E-state index in [4.69, 9.17) is 23.2 Å². The topological polar surface area (TPSA) is 62.3 Å². The average molecular weight is 496 g/mol. The molecule has 1 fully saturated rings. The van der Waals surface area contributed by atoms with Crippen molar-refractivity contribution < 1.29 is 9.00 Å². The summed E-state index contributed by atoms with van der Waals surface area (Å²) in [6.07, 6.45) is 2.62. The first kappa shape index (κ1) is 21.9. The number of nitrogens with zero attached hydrogens (tertiary/aromatic N) is 2. The Labute approximate surface area is 203 Å². The zero-order chi connectivity index (χ0) is 22.9. The second-order valence-electron chi connectivity index (χ2n) is 7.67. The summed E-state index contributed by atoms with van der Waals surface area (Å²) in [7, 11) is -1.05. The second kappa shape index (κ2) is 9.14. The molecule has 1 aromatic heterocycles. The van der Waals surface area contributed by atoms with Crippen LogP contribution in [0, 0.1) is 0 Å². The van der Waals surface area contributed by atoms with Crippen molar-refractivity contribution in [1.82, 2.24) is 4.98 Å². The Morgan fingerprint density at radius 1 is 1.00 bits per heavy atom.